The van der Waals surface area contributed by atoms with Crippen LogP contribution in [0.5, 0.6) is 0 Å². The molecule has 5 aromatic rings. The molecule has 2 N–H and O–H groups in total. The minimum absolute atomic E-state index is 0.370. The fraction of sp³-hybridized carbons (Fsp3) is 0.154. The van der Waals surface area contributed by atoms with Crippen molar-refractivity contribution in [2.24, 2.45) is 5.73 Å². The van der Waals surface area contributed by atoms with Crippen LogP contribution in [0.15, 0.2) is 67.1 Å². The average Bonchev–Trinajstić information content (AvgIpc) is 3.28. The summed E-state index contributed by atoms with van der Waals surface area (Å²) in [5.41, 5.74) is 10.8. The van der Waals surface area contributed by atoms with Crippen LogP contribution in [0.1, 0.15) is 10.4 Å². The second-order valence-corrected chi connectivity index (χ2v) is 8.70. The van der Waals surface area contributed by atoms with Gasteiger partial charge in [-0.05, 0) is 36.4 Å². The number of anilines is 1. The number of hydrogen-bond donors (Lipinski definition) is 1. The van der Waals surface area contributed by atoms with Crippen molar-refractivity contribution in [2.45, 2.75) is 0 Å². The molecule has 9 heteroatoms. The molecule has 8 nitrogen and oxygen atoms in total. The monoisotopic (exact) mass is 484 g/mol. The van der Waals surface area contributed by atoms with Gasteiger partial charge in [0.2, 0.25) is 0 Å². The van der Waals surface area contributed by atoms with Gasteiger partial charge in [-0.1, -0.05) is 23.7 Å². The second kappa shape index (κ2) is 8.65. The molecule has 1 aliphatic heterocycles. The van der Waals surface area contributed by atoms with E-state index in [-0.39, 0.29) is 0 Å². The van der Waals surface area contributed by atoms with Gasteiger partial charge >= 0.3 is 0 Å². The molecular formula is C26H21ClN6O2. The molecule has 3 aromatic heterocycles. The van der Waals surface area contributed by atoms with E-state index in [0.717, 1.165) is 40.9 Å². The number of benzene rings is 2. The average molecular weight is 485 g/mol. The molecule has 0 saturated carbocycles. The molecule has 6 rings (SSSR count). The molecule has 0 bridgehead atoms. The molecule has 1 saturated heterocycles. The van der Waals surface area contributed by atoms with Gasteiger partial charge in [-0.15, -0.1) is 0 Å². The van der Waals surface area contributed by atoms with E-state index in [0.29, 0.717) is 40.7 Å². The smallest absolute Gasteiger partial charge is 0.251 e. The number of aromatic nitrogens is 4. The molecule has 4 heterocycles. The number of morpholine rings is 1. The number of pyridine rings is 2. The Morgan fingerprint density at radius 1 is 1.00 bits per heavy atom. The van der Waals surface area contributed by atoms with Gasteiger partial charge in [0.25, 0.3) is 5.91 Å². The lowest BCUT2D eigenvalue weighted by Gasteiger charge is -2.29. The van der Waals surface area contributed by atoms with Crippen LogP contribution in [0, 0.1) is 0 Å². The zero-order valence-corrected chi connectivity index (χ0v) is 19.4. The topological polar surface area (TPSA) is 99.2 Å². The number of hydrogen-bond acceptors (Lipinski definition) is 6. The molecule has 0 unspecified atom stereocenters. The maximum Gasteiger partial charge on any atom is 0.251 e. The number of imidazole rings is 1. The van der Waals surface area contributed by atoms with Crippen molar-refractivity contribution < 1.29 is 9.53 Å². The van der Waals surface area contributed by atoms with Gasteiger partial charge in [0, 0.05) is 48.3 Å². The van der Waals surface area contributed by atoms with E-state index in [1.54, 1.807) is 18.6 Å². The zero-order chi connectivity index (χ0) is 23.9. The van der Waals surface area contributed by atoms with Crippen LogP contribution in [-0.2, 0) is 4.74 Å². The van der Waals surface area contributed by atoms with E-state index >= 15 is 0 Å². The summed E-state index contributed by atoms with van der Waals surface area (Å²) >= 11 is 6.48. The van der Waals surface area contributed by atoms with Crippen LogP contribution in [0.3, 0.4) is 0 Å². The summed E-state index contributed by atoms with van der Waals surface area (Å²) in [4.78, 5) is 28.4. The number of rotatable bonds is 4. The summed E-state index contributed by atoms with van der Waals surface area (Å²) in [6, 6.07) is 15.3. The van der Waals surface area contributed by atoms with Crippen LogP contribution in [0.25, 0.3) is 39.0 Å². The molecular weight excluding hydrogens is 464 g/mol. The Labute approximate surface area is 205 Å². The standard InChI is InChI=1S/C26H21ClN6O2/c27-20-3-1-2-18-21(6-9-30-23(18)20)33-22-15-17(32-10-12-35-13-11-32)14-19(25(28)34)24(22)31-26(33)16-4-7-29-8-5-16/h1-9,14-15H,10-13H2,(H2,28,34). The van der Waals surface area contributed by atoms with Crippen molar-refractivity contribution in [1.29, 1.82) is 0 Å². The number of nitrogens with two attached hydrogens (primary N) is 1. The van der Waals surface area contributed by atoms with Crippen molar-refractivity contribution in [3.63, 3.8) is 0 Å². The Hall–Kier alpha value is -4.01. The van der Waals surface area contributed by atoms with Gasteiger partial charge in [0.1, 0.15) is 11.3 Å². The first kappa shape index (κ1) is 21.5. The Balaban J connectivity index is 1.72. The van der Waals surface area contributed by atoms with E-state index < -0.39 is 5.91 Å². The molecule has 0 aliphatic carbocycles. The summed E-state index contributed by atoms with van der Waals surface area (Å²) < 4.78 is 7.57. The van der Waals surface area contributed by atoms with Crippen LogP contribution >= 0.6 is 11.6 Å². The largest absolute Gasteiger partial charge is 0.378 e. The highest BCUT2D eigenvalue weighted by atomic mass is 35.5. The number of amides is 1. The van der Waals surface area contributed by atoms with E-state index in [1.807, 2.05) is 47.0 Å². The quantitative estimate of drug-likeness (QED) is 0.410. The summed E-state index contributed by atoms with van der Waals surface area (Å²) in [6.07, 6.45) is 5.16. The van der Waals surface area contributed by atoms with Crippen LogP contribution < -0.4 is 10.6 Å². The molecule has 1 aliphatic rings. The Morgan fingerprint density at radius 3 is 2.57 bits per heavy atom. The number of primary amides is 1. The van der Waals surface area contributed by atoms with Gasteiger partial charge in [0.05, 0.1) is 40.5 Å². The first-order valence-corrected chi connectivity index (χ1v) is 11.6. The highest BCUT2D eigenvalue weighted by Crippen LogP contribution is 2.36. The van der Waals surface area contributed by atoms with E-state index in [9.17, 15) is 4.79 Å². The molecule has 174 valence electrons. The van der Waals surface area contributed by atoms with E-state index in [4.69, 9.17) is 27.1 Å². The number of halogens is 1. The van der Waals surface area contributed by atoms with Crippen LogP contribution in [0.2, 0.25) is 5.02 Å². The van der Waals surface area contributed by atoms with Gasteiger partial charge in [0.15, 0.2) is 0 Å². The Morgan fingerprint density at radius 2 is 1.80 bits per heavy atom. The van der Waals surface area contributed by atoms with E-state index in [2.05, 4.69) is 20.9 Å². The lowest BCUT2D eigenvalue weighted by molar-refractivity contribution is 0.100. The molecule has 1 amide bonds. The third kappa shape index (κ3) is 3.67. The second-order valence-electron chi connectivity index (χ2n) is 8.30. The number of carbonyl (C=O) groups is 1. The van der Waals surface area contributed by atoms with Crippen LogP contribution in [0.4, 0.5) is 5.69 Å². The highest BCUT2D eigenvalue weighted by molar-refractivity contribution is 6.35. The molecule has 0 spiro atoms. The number of fused-ring (bicyclic) bond motifs is 2. The fourth-order valence-electron chi connectivity index (χ4n) is 4.61. The van der Waals surface area contributed by atoms with Crippen molar-refractivity contribution in [3.8, 4) is 17.1 Å². The summed E-state index contributed by atoms with van der Waals surface area (Å²) in [5, 5.41) is 1.43. The first-order chi connectivity index (χ1) is 17.1. The number of para-hydroxylation sites is 1. The Bertz CT molecular complexity index is 1580. The third-order valence-corrected chi connectivity index (χ3v) is 6.57. The molecule has 2 aromatic carbocycles. The fourth-order valence-corrected chi connectivity index (χ4v) is 4.84. The lowest BCUT2D eigenvalue weighted by atomic mass is 10.1. The maximum atomic E-state index is 12.6. The van der Waals surface area contributed by atoms with Crippen molar-refractivity contribution in [1.82, 2.24) is 19.5 Å². The summed E-state index contributed by atoms with van der Waals surface area (Å²) in [7, 11) is 0. The summed E-state index contributed by atoms with van der Waals surface area (Å²) in [5.74, 6) is 0.134. The SMILES string of the molecule is NC(=O)c1cc(N2CCOCC2)cc2c1nc(-c1ccncc1)n2-c1ccnc2c(Cl)cccc12. The van der Waals surface area contributed by atoms with Crippen LogP contribution in [-0.4, -0.2) is 51.7 Å². The minimum atomic E-state index is -0.529. The van der Waals surface area contributed by atoms with Gasteiger partial charge < -0.3 is 15.4 Å². The predicted octanol–water partition coefficient (Wildman–Crippen LogP) is 4.22. The maximum absolute atomic E-state index is 12.6. The summed E-state index contributed by atoms with van der Waals surface area (Å²) in [6.45, 7) is 2.70. The van der Waals surface area contributed by atoms with Gasteiger partial charge in [-0.25, -0.2) is 4.98 Å². The van der Waals surface area contributed by atoms with Crippen molar-refractivity contribution in [3.05, 3.63) is 77.7 Å². The Kier molecular flexibility index (Phi) is 5.32. The molecule has 1 fully saturated rings. The third-order valence-electron chi connectivity index (χ3n) is 6.26. The van der Waals surface area contributed by atoms with Crippen molar-refractivity contribution in [2.75, 3.05) is 31.2 Å². The van der Waals surface area contributed by atoms with Crippen molar-refractivity contribution >= 4 is 45.1 Å². The van der Waals surface area contributed by atoms with Gasteiger partial charge in [-0.2, -0.15) is 0 Å². The number of nitrogens with zero attached hydrogens (tertiary/aromatic N) is 5. The zero-order valence-electron chi connectivity index (χ0n) is 18.7. The molecule has 35 heavy (non-hydrogen) atoms. The minimum Gasteiger partial charge on any atom is -0.378 e. The number of carbonyl (C=O) groups excluding carboxylic acids is 1. The van der Waals surface area contributed by atoms with Gasteiger partial charge in [-0.3, -0.25) is 19.3 Å². The lowest BCUT2D eigenvalue weighted by Crippen LogP contribution is -2.36. The molecule has 0 radical (unpaired) electrons. The highest BCUT2D eigenvalue weighted by Gasteiger charge is 2.23. The molecule has 0 atom stereocenters. The number of ether oxygens (including phenoxy) is 1. The first-order valence-electron chi connectivity index (χ1n) is 11.2. The normalized spacial score (nSPS) is 14.0. The van der Waals surface area contributed by atoms with E-state index in [1.165, 1.54) is 0 Å². The predicted molar refractivity (Wildman–Crippen MR) is 136 cm³/mol.